The highest BCUT2D eigenvalue weighted by atomic mass is 32.2. The number of thiophene rings is 1. The number of esters is 1. The van der Waals surface area contributed by atoms with E-state index in [0.29, 0.717) is 27.0 Å². The van der Waals surface area contributed by atoms with Gasteiger partial charge >= 0.3 is 5.97 Å². The molecule has 0 aliphatic heterocycles. The fourth-order valence-electron chi connectivity index (χ4n) is 2.80. The Morgan fingerprint density at radius 1 is 1.26 bits per heavy atom. The van der Waals surface area contributed by atoms with Crippen LogP contribution in [-0.2, 0) is 9.53 Å². The van der Waals surface area contributed by atoms with E-state index in [1.54, 1.807) is 6.92 Å². The maximum Gasteiger partial charge on any atom is 0.341 e. The average molecular weight is 458 g/mol. The first-order valence-electron chi connectivity index (χ1n) is 9.77. The molecular weight excluding hydrogens is 434 g/mol. The van der Waals surface area contributed by atoms with Crippen molar-refractivity contribution in [3.05, 3.63) is 63.4 Å². The van der Waals surface area contributed by atoms with Gasteiger partial charge in [-0.1, -0.05) is 55.9 Å². The number of amides is 1. The number of ether oxygens (including phenoxy) is 1. The van der Waals surface area contributed by atoms with Gasteiger partial charge in [0.1, 0.15) is 10.6 Å². The highest BCUT2D eigenvalue weighted by molar-refractivity contribution is 7.99. The maximum atomic E-state index is 12.6. The molecule has 0 aliphatic rings. The molecule has 0 spiro atoms. The molecule has 162 valence electrons. The lowest BCUT2D eigenvalue weighted by Gasteiger charge is -2.09. The Morgan fingerprint density at radius 2 is 2.00 bits per heavy atom. The summed E-state index contributed by atoms with van der Waals surface area (Å²) in [5, 5.41) is 5.44. The van der Waals surface area contributed by atoms with Crippen LogP contribution in [0.3, 0.4) is 0 Å². The first kappa shape index (κ1) is 22.8. The monoisotopic (exact) mass is 457 g/mol. The molecule has 31 heavy (non-hydrogen) atoms. The third kappa shape index (κ3) is 5.83. The van der Waals surface area contributed by atoms with Crippen LogP contribution in [0.2, 0.25) is 0 Å². The van der Waals surface area contributed by atoms with E-state index in [0.717, 1.165) is 17.3 Å². The second-order valence-electron chi connectivity index (χ2n) is 6.91. The minimum Gasteiger partial charge on any atom is -0.462 e. The second kappa shape index (κ2) is 10.4. The average Bonchev–Trinajstić information content (AvgIpc) is 3.16. The molecule has 0 saturated heterocycles. The van der Waals surface area contributed by atoms with Crippen molar-refractivity contribution in [2.45, 2.75) is 31.8 Å². The Morgan fingerprint density at radius 3 is 2.68 bits per heavy atom. The van der Waals surface area contributed by atoms with Crippen LogP contribution in [0.4, 0.5) is 5.00 Å². The number of anilines is 1. The van der Waals surface area contributed by atoms with Gasteiger partial charge in [-0.2, -0.15) is 0 Å². The molecule has 0 atom stereocenters. The number of hydrogen-bond acceptors (Lipinski definition) is 7. The van der Waals surface area contributed by atoms with E-state index in [9.17, 15) is 14.4 Å². The van der Waals surface area contributed by atoms with E-state index in [-0.39, 0.29) is 29.7 Å². The summed E-state index contributed by atoms with van der Waals surface area (Å²) in [4.78, 5) is 44.0. The van der Waals surface area contributed by atoms with Gasteiger partial charge in [-0.05, 0) is 18.4 Å². The van der Waals surface area contributed by atoms with Gasteiger partial charge in [0.25, 0.3) is 5.56 Å². The van der Waals surface area contributed by atoms with Crippen LogP contribution in [0.1, 0.15) is 42.7 Å². The predicted molar refractivity (Wildman–Crippen MR) is 124 cm³/mol. The smallest absolute Gasteiger partial charge is 0.341 e. The second-order valence-corrected chi connectivity index (χ2v) is 8.75. The molecular formula is C22H23N3O4S2. The fourth-order valence-corrected chi connectivity index (χ4v) is 4.46. The van der Waals surface area contributed by atoms with Gasteiger partial charge in [-0.15, -0.1) is 11.3 Å². The normalized spacial score (nSPS) is 10.8. The summed E-state index contributed by atoms with van der Waals surface area (Å²) in [6, 6.07) is 10.9. The lowest BCUT2D eigenvalue weighted by molar-refractivity contribution is -0.113. The Bertz CT molecular complexity index is 1120. The van der Waals surface area contributed by atoms with Crippen molar-refractivity contribution < 1.29 is 14.3 Å². The van der Waals surface area contributed by atoms with Crippen LogP contribution in [0.25, 0.3) is 11.1 Å². The zero-order chi connectivity index (χ0) is 22.4. The molecule has 2 aromatic heterocycles. The quantitative estimate of drug-likeness (QED) is 0.293. The van der Waals surface area contributed by atoms with Crippen molar-refractivity contribution in [3.63, 3.8) is 0 Å². The van der Waals surface area contributed by atoms with Gasteiger partial charge in [0.2, 0.25) is 5.91 Å². The molecule has 0 unspecified atom stereocenters. The summed E-state index contributed by atoms with van der Waals surface area (Å²) < 4.78 is 5.21. The summed E-state index contributed by atoms with van der Waals surface area (Å²) in [7, 11) is 0. The molecule has 0 aliphatic carbocycles. The molecule has 2 heterocycles. The Kier molecular flexibility index (Phi) is 7.64. The first-order valence-corrected chi connectivity index (χ1v) is 11.6. The van der Waals surface area contributed by atoms with Gasteiger partial charge in [0.15, 0.2) is 5.16 Å². The van der Waals surface area contributed by atoms with Crippen LogP contribution >= 0.6 is 23.1 Å². The Labute approximate surface area is 188 Å². The number of H-pyrrole nitrogens is 1. The number of thioether (sulfide) groups is 1. The zero-order valence-corrected chi connectivity index (χ0v) is 19.1. The van der Waals surface area contributed by atoms with Crippen molar-refractivity contribution in [2.24, 2.45) is 0 Å². The summed E-state index contributed by atoms with van der Waals surface area (Å²) >= 11 is 2.40. The number of aromatic amines is 1. The number of nitrogens with zero attached hydrogens (tertiary/aromatic N) is 1. The third-order valence-electron chi connectivity index (χ3n) is 4.28. The van der Waals surface area contributed by atoms with Crippen molar-refractivity contribution >= 4 is 40.0 Å². The van der Waals surface area contributed by atoms with Crippen LogP contribution in [0, 0.1) is 0 Å². The minimum atomic E-state index is -0.485. The maximum absolute atomic E-state index is 12.6. The largest absolute Gasteiger partial charge is 0.462 e. The number of hydrogen-bond donors (Lipinski definition) is 2. The van der Waals surface area contributed by atoms with Crippen molar-refractivity contribution in [2.75, 3.05) is 17.7 Å². The standard InChI is InChI=1S/C22H23N3O4S2/c1-4-29-21(28)19-15(14-8-6-5-7-9-14)11-30-20(19)24-18(27)12-31-22-23-16(13(2)3)10-17(26)25-22/h5-11,13H,4,12H2,1-3H3,(H,24,27)(H,23,25,26). The van der Waals surface area contributed by atoms with Gasteiger partial charge in [-0.25, -0.2) is 9.78 Å². The van der Waals surface area contributed by atoms with E-state index in [2.05, 4.69) is 15.3 Å². The number of carbonyl (C=O) groups excluding carboxylic acids is 2. The molecule has 0 bridgehead atoms. The van der Waals surface area contributed by atoms with Crippen LogP contribution in [0.15, 0.2) is 51.7 Å². The lowest BCUT2D eigenvalue weighted by Crippen LogP contribution is -2.17. The van der Waals surface area contributed by atoms with Crippen molar-refractivity contribution in [1.82, 2.24) is 9.97 Å². The van der Waals surface area contributed by atoms with Gasteiger partial charge in [0.05, 0.1) is 18.1 Å². The van der Waals surface area contributed by atoms with E-state index in [1.165, 1.54) is 17.4 Å². The number of rotatable bonds is 8. The summed E-state index contributed by atoms with van der Waals surface area (Å²) in [5.74, 6) is -0.661. The van der Waals surface area contributed by atoms with E-state index >= 15 is 0 Å². The fraction of sp³-hybridized carbons (Fsp3) is 0.273. The molecule has 1 aromatic carbocycles. The van der Waals surface area contributed by atoms with Gasteiger partial charge < -0.3 is 15.0 Å². The SMILES string of the molecule is CCOC(=O)c1c(-c2ccccc2)csc1NC(=O)CSc1nc(C(C)C)cc(=O)[nH]1. The summed E-state index contributed by atoms with van der Waals surface area (Å²) in [5.41, 5.74) is 2.33. The number of carbonyl (C=O) groups is 2. The summed E-state index contributed by atoms with van der Waals surface area (Å²) in [6.45, 7) is 5.86. The van der Waals surface area contributed by atoms with Crippen LogP contribution < -0.4 is 10.9 Å². The predicted octanol–water partition coefficient (Wildman–Crippen LogP) is 4.53. The zero-order valence-electron chi connectivity index (χ0n) is 17.4. The first-order chi connectivity index (χ1) is 14.9. The molecule has 0 fully saturated rings. The van der Waals surface area contributed by atoms with Crippen LogP contribution in [0.5, 0.6) is 0 Å². The molecule has 2 N–H and O–H groups in total. The van der Waals surface area contributed by atoms with Gasteiger partial charge in [0, 0.05) is 17.0 Å². The van der Waals surface area contributed by atoms with Gasteiger partial charge in [-0.3, -0.25) is 9.59 Å². The molecule has 3 aromatic rings. The molecule has 1 amide bonds. The molecule has 0 radical (unpaired) electrons. The van der Waals surface area contributed by atoms with Crippen LogP contribution in [-0.4, -0.2) is 34.2 Å². The van der Waals surface area contributed by atoms with E-state index < -0.39 is 5.97 Å². The highest BCUT2D eigenvalue weighted by Crippen LogP contribution is 2.36. The molecule has 9 heteroatoms. The van der Waals surface area contributed by atoms with E-state index in [4.69, 9.17) is 4.74 Å². The van der Waals surface area contributed by atoms with Crippen molar-refractivity contribution in [3.8, 4) is 11.1 Å². The Hall–Kier alpha value is -2.91. The highest BCUT2D eigenvalue weighted by Gasteiger charge is 2.23. The van der Waals surface area contributed by atoms with Crippen molar-refractivity contribution in [1.29, 1.82) is 0 Å². The number of nitrogens with one attached hydrogen (secondary N) is 2. The number of aromatic nitrogens is 2. The molecule has 3 rings (SSSR count). The number of benzene rings is 1. The van der Waals surface area contributed by atoms with E-state index in [1.807, 2.05) is 49.6 Å². The minimum absolute atomic E-state index is 0.0331. The lowest BCUT2D eigenvalue weighted by atomic mass is 10.0. The molecule has 0 saturated carbocycles. The summed E-state index contributed by atoms with van der Waals surface area (Å²) in [6.07, 6.45) is 0. The topological polar surface area (TPSA) is 101 Å². The molecule has 7 nitrogen and oxygen atoms in total. The Balaban J connectivity index is 1.78. The third-order valence-corrected chi connectivity index (χ3v) is 6.05.